The lowest BCUT2D eigenvalue weighted by molar-refractivity contribution is 0.581. The molecular formula is C13H15BrN2O2S2. The highest BCUT2D eigenvalue weighted by Gasteiger charge is 2.18. The van der Waals surface area contributed by atoms with Crippen LogP contribution >= 0.6 is 27.3 Å². The number of aryl methyl sites for hydroxylation is 1. The van der Waals surface area contributed by atoms with Crippen molar-refractivity contribution in [2.75, 3.05) is 0 Å². The zero-order valence-corrected chi connectivity index (χ0v) is 14.1. The lowest BCUT2D eigenvalue weighted by Gasteiger charge is -2.09. The maximum absolute atomic E-state index is 12.3. The summed E-state index contributed by atoms with van der Waals surface area (Å²) in [6.07, 6.45) is 0. The summed E-state index contributed by atoms with van der Waals surface area (Å²) >= 11 is 4.83. The molecule has 0 fully saturated rings. The molecule has 0 atom stereocenters. The first kappa shape index (κ1) is 15.7. The molecule has 7 heteroatoms. The minimum Gasteiger partial charge on any atom is -0.326 e. The van der Waals surface area contributed by atoms with E-state index >= 15 is 0 Å². The quantitative estimate of drug-likeness (QED) is 0.844. The average Bonchev–Trinajstić information content (AvgIpc) is 2.81. The molecule has 108 valence electrons. The number of thiophene rings is 1. The lowest BCUT2D eigenvalue weighted by atomic mass is 10.2. The van der Waals surface area contributed by atoms with E-state index < -0.39 is 10.0 Å². The Hall–Kier alpha value is -0.730. The highest BCUT2D eigenvalue weighted by atomic mass is 79.9. The van der Waals surface area contributed by atoms with Gasteiger partial charge in [-0.05, 0) is 57.6 Å². The minimum atomic E-state index is -3.54. The van der Waals surface area contributed by atoms with Crippen molar-refractivity contribution in [2.24, 2.45) is 5.73 Å². The van der Waals surface area contributed by atoms with Crippen molar-refractivity contribution < 1.29 is 8.42 Å². The molecule has 0 aliphatic carbocycles. The Bertz CT molecular complexity index is 711. The van der Waals surface area contributed by atoms with Crippen LogP contribution in [0.5, 0.6) is 0 Å². The number of rotatable bonds is 5. The second kappa shape index (κ2) is 6.36. The van der Waals surface area contributed by atoms with Crippen LogP contribution in [0.1, 0.15) is 16.0 Å². The first-order valence-corrected chi connectivity index (χ1v) is 9.11. The monoisotopic (exact) mass is 374 g/mol. The van der Waals surface area contributed by atoms with E-state index in [4.69, 9.17) is 5.73 Å². The van der Waals surface area contributed by atoms with Crippen molar-refractivity contribution in [2.45, 2.75) is 24.9 Å². The Morgan fingerprint density at radius 1 is 1.35 bits per heavy atom. The zero-order valence-electron chi connectivity index (χ0n) is 10.9. The molecule has 1 aromatic heterocycles. The Morgan fingerprint density at radius 3 is 2.65 bits per heavy atom. The summed E-state index contributed by atoms with van der Waals surface area (Å²) in [6.45, 7) is 2.64. The Kier molecular flexibility index (Phi) is 4.98. The fourth-order valence-electron chi connectivity index (χ4n) is 1.71. The smallest absolute Gasteiger partial charge is 0.242 e. The van der Waals surface area contributed by atoms with Crippen LogP contribution in [-0.4, -0.2) is 8.42 Å². The van der Waals surface area contributed by atoms with Crippen molar-refractivity contribution in [3.8, 4) is 0 Å². The van der Waals surface area contributed by atoms with E-state index in [-0.39, 0.29) is 4.90 Å². The lowest BCUT2D eigenvalue weighted by Crippen LogP contribution is -2.23. The number of nitrogens with two attached hydrogens (primary N) is 1. The third-order valence-electron chi connectivity index (χ3n) is 2.91. The molecule has 0 saturated heterocycles. The van der Waals surface area contributed by atoms with Crippen LogP contribution < -0.4 is 10.5 Å². The van der Waals surface area contributed by atoms with Gasteiger partial charge in [0.25, 0.3) is 0 Å². The minimum absolute atomic E-state index is 0.226. The van der Waals surface area contributed by atoms with Crippen LogP contribution in [0.4, 0.5) is 0 Å². The van der Waals surface area contributed by atoms with E-state index in [0.29, 0.717) is 17.6 Å². The summed E-state index contributed by atoms with van der Waals surface area (Å²) in [5, 5.41) is 1.95. The Labute approximate surface area is 131 Å². The van der Waals surface area contributed by atoms with E-state index in [2.05, 4.69) is 20.7 Å². The molecule has 0 saturated carbocycles. The number of halogens is 1. The van der Waals surface area contributed by atoms with Gasteiger partial charge < -0.3 is 5.73 Å². The van der Waals surface area contributed by atoms with Crippen LogP contribution in [0.25, 0.3) is 0 Å². The molecule has 4 nitrogen and oxygen atoms in total. The van der Waals surface area contributed by atoms with Crippen molar-refractivity contribution in [3.63, 3.8) is 0 Å². The predicted octanol–water partition coefficient (Wildman–Crippen LogP) is 2.76. The molecule has 0 bridgehead atoms. The van der Waals surface area contributed by atoms with E-state index in [9.17, 15) is 8.42 Å². The predicted molar refractivity (Wildman–Crippen MR) is 85.1 cm³/mol. The molecule has 1 aromatic carbocycles. The highest BCUT2D eigenvalue weighted by molar-refractivity contribution is 9.10. The topological polar surface area (TPSA) is 72.2 Å². The molecule has 3 N–H and O–H groups in total. The van der Waals surface area contributed by atoms with Gasteiger partial charge in [-0.15, -0.1) is 11.3 Å². The fourth-order valence-corrected chi connectivity index (χ4v) is 4.77. The van der Waals surface area contributed by atoms with Gasteiger partial charge in [-0.2, -0.15) is 0 Å². The maximum Gasteiger partial charge on any atom is 0.242 e. The van der Waals surface area contributed by atoms with E-state index in [1.54, 1.807) is 29.5 Å². The van der Waals surface area contributed by atoms with Crippen LogP contribution in [0.2, 0.25) is 0 Å². The second-order valence-corrected chi connectivity index (χ2v) is 7.91. The van der Waals surface area contributed by atoms with Gasteiger partial charge >= 0.3 is 0 Å². The molecule has 1 heterocycles. The van der Waals surface area contributed by atoms with Crippen molar-refractivity contribution in [1.29, 1.82) is 0 Å². The number of nitrogens with one attached hydrogen (secondary N) is 1. The number of hydrogen-bond acceptors (Lipinski definition) is 4. The molecule has 0 amide bonds. The first-order valence-electron chi connectivity index (χ1n) is 5.95. The number of benzene rings is 1. The van der Waals surface area contributed by atoms with Gasteiger partial charge in [0.05, 0.1) is 4.90 Å². The van der Waals surface area contributed by atoms with Gasteiger partial charge in [-0.3, -0.25) is 0 Å². The summed E-state index contributed by atoms with van der Waals surface area (Å²) in [6, 6.07) is 6.98. The SMILES string of the molecule is Cc1ccsc1CNS(=O)(=O)c1ccc(CN)cc1Br. The zero-order chi connectivity index (χ0) is 14.8. The molecule has 20 heavy (non-hydrogen) atoms. The van der Waals surface area contributed by atoms with Crippen molar-refractivity contribution in [3.05, 3.63) is 50.1 Å². The van der Waals surface area contributed by atoms with Gasteiger partial charge in [-0.25, -0.2) is 13.1 Å². The molecule has 0 aliphatic heterocycles. The fraction of sp³-hybridized carbons (Fsp3) is 0.231. The molecular weight excluding hydrogens is 360 g/mol. The second-order valence-electron chi connectivity index (χ2n) is 4.32. The van der Waals surface area contributed by atoms with E-state index in [0.717, 1.165) is 16.0 Å². The summed E-state index contributed by atoms with van der Waals surface area (Å²) in [5.74, 6) is 0. The molecule has 0 radical (unpaired) electrons. The van der Waals surface area contributed by atoms with Crippen molar-refractivity contribution >= 4 is 37.3 Å². The largest absolute Gasteiger partial charge is 0.326 e. The normalized spacial score (nSPS) is 11.8. The third-order valence-corrected chi connectivity index (χ3v) is 6.31. The highest BCUT2D eigenvalue weighted by Crippen LogP contribution is 2.24. The standard InChI is InChI=1S/C13H15BrN2O2S2/c1-9-4-5-19-12(9)8-16-20(17,18)13-3-2-10(7-15)6-11(13)14/h2-6,16H,7-8,15H2,1H3. The van der Waals surface area contributed by atoms with Gasteiger partial charge in [0.1, 0.15) is 0 Å². The number of hydrogen-bond donors (Lipinski definition) is 2. The Morgan fingerprint density at radius 2 is 2.10 bits per heavy atom. The maximum atomic E-state index is 12.3. The molecule has 0 unspecified atom stereocenters. The van der Waals surface area contributed by atoms with Gasteiger partial charge in [0.15, 0.2) is 0 Å². The van der Waals surface area contributed by atoms with E-state index in [1.807, 2.05) is 18.4 Å². The first-order chi connectivity index (χ1) is 9.44. The summed E-state index contributed by atoms with van der Waals surface area (Å²) in [7, 11) is -3.54. The van der Waals surface area contributed by atoms with Crippen LogP contribution in [-0.2, 0) is 23.1 Å². The summed E-state index contributed by atoms with van der Waals surface area (Å²) in [4.78, 5) is 1.24. The van der Waals surface area contributed by atoms with E-state index in [1.165, 1.54) is 0 Å². The van der Waals surface area contributed by atoms with Gasteiger partial charge in [0.2, 0.25) is 10.0 Å². The van der Waals surface area contributed by atoms with Crippen molar-refractivity contribution in [1.82, 2.24) is 4.72 Å². The summed E-state index contributed by atoms with van der Waals surface area (Å²) in [5.41, 5.74) is 7.51. The van der Waals surface area contributed by atoms with Crippen LogP contribution in [0.15, 0.2) is 39.0 Å². The van der Waals surface area contributed by atoms with Crippen LogP contribution in [0.3, 0.4) is 0 Å². The Balaban J connectivity index is 2.20. The van der Waals surface area contributed by atoms with Crippen LogP contribution in [0, 0.1) is 6.92 Å². The molecule has 0 aliphatic rings. The van der Waals surface area contributed by atoms with Gasteiger partial charge in [0, 0.05) is 22.4 Å². The molecule has 2 rings (SSSR count). The molecule has 2 aromatic rings. The summed E-state index contributed by atoms with van der Waals surface area (Å²) < 4.78 is 27.7. The third kappa shape index (κ3) is 3.48. The molecule has 0 spiro atoms. The van der Waals surface area contributed by atoms with Gasteiger partial charge in [-0.1, -0.05) is 6.07 Å². The number of sulfonamides is 1. The average molecular weight is 375 g/mol.